The van der Waals surface area contributed by atoms with Crippen LogP contribution in [0, 0.1) is 6.92 Å². The van der Waals surface area contributed by atoms with Crippen molar-refractivity contribution in [3.05, 3.63) is 53.3 Å². The molecule has 7 heteroatoms. The molecule has 1 aromatic heterocycles. The number of likely N-dealkylation sites (N-methyl/N-ethyl adjacent to an activating group) is 1. The van der Waals surface area contributed by atoms with Crippen LogP contribution in [0.5, 0.6) is 0 Å². The summed E-state index contributed by atoms with van der Waals surface area (Å²) in [5.41, 5.74) is 1.86. The van der Waals surface area contributed by atoms with Gasteiger partial charge in [0, 0.05) is 33.3 Å². The molecule has 0 aliphatic rings. The summed E-state index contributed by atoms with van der Waals surface area (Å²) in [4.78, 5) is 34.9. The van der Waals surface area contributed by atoms with E-state index in [1.54, 1.807) is 34.1 Å². The number of nitrogens with one attached hydrogen (secondary N) is 2. The molecule has 0 saturated heterocycles. The maximum Gasteiger partial charge on any atom is 0.270 e. The van der Waals surface area contributed by atoms with Crippen LogP contribution in [0.1, 0.15) is 21.7 Å². The standard InChI is InChI=1S/C18H23N5O2/c1-12-10-14(22-18(19-2)20-12)16(24)21-15(17(25)23(3)4)11-13-8-6-5-7-9-13/h5-10,15H,11H2,1-4H3,(H,21,24)(H,19,20,22)/t15-/m0/s1. The second-order valence-electron chi connectivity index (χ2n) is 5.92. The maximum absolute atomic E-state index is 12.6. The van der Waals surface area contributed by atoms with Gasteiger partial charge < -0.3 is 15.5 Å². The molecule has 0 spiro atoms. The van der Waals surface area contributed by atoms with Crippen LogP contribution < -0.4 is 10.6 Å². The quantitative estimate of drug-likeness (QED) is 0.826. The molecule has 0 aliphatic heterocycles. The molecular formula is C18H23N5O2. The number of carbonyl (C=O) groups is 2. The Morgan fingerprint density at radius 1 is 1.16 bits per heavy atom. The molecule has 2 N–H and O–H groups in total. The summed E-state index contributed by atoms with van der Waals surface area (Å²) in [7, 11) is 5.02. The predicted octanol–water partition coefficient (Wildman–Crippen LogP) is 1.26. The minimum atomic E-state index is -0.668. The fourth-order valence-electron chi connectivity index (χ4n) is 2.39. The highest BCUT2D eigenvalue weighted by Gasteiger charge is 2.24. The van der Waals surface area contributed by atoms with E-state index in [0.29, 0.717) is 18.1 Å². The van der Waals surface area contributed by atoms with Crippen molar-refractivity contribution in [1.29, 1.82) is 0 Å². The average Bonchev–Trinajstić information content (AvgIpc) is 2.60. The van der Waals surface area contributed by atoms with Gasteiger partial charge in [0.05, 0.1) is 0 Å². The first-order chi connectivity index (χ1) is 11.9. The third kappa shape index (κ3) is 5.00. The van der Waals surface area contributed by atoms with Crippen molar-refractivity contribution in [2.75, 3.05) is 26.5 Å². The van der Waals surface area contributed by atoms with Crippen LogP contribution in [0.3, 0.4) is 0 Å². The van der Waals surface area contributed by atoms with Gasteiger partial charge in [0.2, 0.25) is 11.9 Å². The Balaban J connectivity index is 2.22. The average molecular weight is 341 g/mol. The van der Waals surface area contributed by atoms with Gasteiger partial charge >= 0.3 is 0 Å². The van der Waals surface area contributed by atoms with Gasteiger partial charge in [-0.05, 0) is 18.6 Å². The summed E-state index contributed by atoms with van der Waals surface area (Å²) in [5.74, 6) is -0.210. The SMILES string of the molecule is CNc1nc(C)cc(C(=O)N[C@@H](Cc2ccccc2)C(=O)N(C)C)n1. The van der Waals surface area contributed by atoms with Crippen molar-refractivity contribution in [2.45, 2.75) is 19.4 Å². The highest BCUT2D eigenvalue weighted by molar-refractivity contribution is 5.96. The van der Waals surface area contributed by atoms with Gasteiger partial charge in [0.25, 0.3) is 5.91 Å². The fraction of sp³-hybridized carbons (Fsp3) is 0.333. The number of hydrogen-bond donors (Lipinski definition) is 2. The van der Waals surface area contributed by atoms with Crippen LogP contribution in [0.2, 0.25) is 0 Å². The molecule has 1 heterocycles. The van der Waals surface area contributed by atoms with Crippen LogP contribution in [0.25, 0.3) is 0 Å². The summed E-state index contributed by atoms with van der Waals surface area (Å²) in [6.07, 6.45) is 0.409. The van der Waals surface area contributed by atoms with E-state index in [1.165, 1.54) is 4.90 Å². The zero-order valence-corrected chi connectivity index (χ0v) is 14.9. The molecule has 0 radical (unpaired) electrons. The minimum Gasteiger partial charge on any atom is -0.357 e. The molecule has 132 valence electrons. The number of carbonyl (C=O) groups excluding carboxylic acids is 2. The van der Waals surface area contributed by atoms with Crippen molar-refractivity contribution >= 4 is 17.8 Å². The van der Waals surface area contributed by atoms with Gasteiger partial charge in [-0.15, -0.1) is 0 Å². The number of benzene rings is 1. The van der Waals surface area contributed by atoms with E-state index in [2.05, 4.69) is 20.6 Å². The Kier molecular flexibility index (Phi) is 6.05. The Hall–Kier alpha value is -2.96. The highest BCUT2D eigenvalue weighted by atomic mass is 16.2. The second-order valence-corrected chi connectivity index (χ2v) is 5.92. The van der Waals surface area contributed by atoms with Crippen molar-refractivity contribution in [2.24, 2.45) is 0 Å². The van der Waals surface area contributed by atoms with Crippen molar-refractivity contribution in [3.63, 3.8) is 0 Å². The zero-order chi connectivity index (χ0) is 18.4. The van der Waals surface area contributed by atoms with E-state index in [0.717, 1.165) is 5.56 Å². The topological polar surface area (TPSA) is 87.2 Å². The largest absolute Gasteiger partial charge is 0.357 e. The van der Waals surface area contributed by atoms with Crippen LogP contribution in [-0.4, -0.2) is 53.9 Å². The number of rotatable bonds is 6. The number of aryl methyl sites for hydroxylation is 1. The molecule has 0 unspecified atom stereocenters. The van der Waals surface area contributed by atoms with Gasteiger partial charge in [-0.25, -0.2) is 9.97 Å². The molecule has 25 heavy (non-hydrogen) atoms. The van der Waals surface area contributed by atoms with Gasteiger partial charge in [-0.3, -0.25) is 9.59 Å². The summed E-state index contributed by atoms with van der Waals surface area (Å²) in [6, 6.07) is 10.5. The first-order valence-electron chi connectivity index (χ1n) is 8.00. The Morgan fingerprint density at radius 2 is 1.84 bits per heavy atom. The lowest BCUT2D eigenvalue weighted by Crippen LogP contribution is -2.47. The van der Waals surface area contributed by atoms with E-state index in [1.807, 2.05) is 30.3 Å². The molecule has 7 nitrogen and oxygen atoms in total. The lowest BCUT2D eigenvalue weighted by molar-refractivity contribution is -0.130. The number of amides is 2. The zero-order valence-electron chi connectivity index (χ0n) is 14.9. The first-order valence-corrected chi connectivity index (χ1v) is 8.00. The summed E-state index contributed by atoms with van der Waals surface area (Å²) < 4.78 is 0. The summed E-state index contributed by atoms with van der Waals surface area (Å²) >= 11 is 0. The molecule has 0 bridgehead atoms. The van der Waals surface area contributed by atoms with Crippen LogP contribution >= 0.6 is 0 Å². The van der Waals surface area contributed by atoms with Crippen LogP contribution in [0.15, 0.2) is 36.4 Å². The smallest absolute Gasteiger partial charge is 0.270 e. The minimum absolute atomic E-state index is 0.170. The number of aromatic nitrogens is 2. The molecule has 2 amide bonds. The van der Waals surface area contributed by atoms with Crippen LogP contribution in [-0.2, 0) is 11.2 Å². The first kappa shape index (κ1) is 18.4. The van der Waals surface area contributed by atoms with Gasteiger partial charge in [-0.1, -0.05) is 30.3 Å². The lowest BCUT2D eigenvalue weighted by Gasteiger charge is -2.22. The van der Waals surface area contributed by atoms with Gasteiger partial charge in [0.1, 0.15) is 11.7 Å². The van der Waals surface area contributed by atoms with E-state index in [-0.39, 0.29) is 11.6 Å². The molecule has 2 aromatic rings. The second kappa shape index (κ2) is 8.23. The monoisotopic (exact) mass is 341 g/mol. The Bertz CT molecular complexity index is 746. The molecule has 0 aliphatic carbocycles. The molecule has 0 fully saturated rings. The van der Waals surface area contributed by atoms with Gasteiger partial charge in [0.15, 0.2) is 0 Å². The number of nitrogens with zero attached hydrogens (tertiary/aromatic N) is 3. The highest BCUT2D eigenvalue weighted by Crippen LogP contribution is 2.08. The summed E-state index contributed by atoms with van der Waals surface area (Å²) in [6.45, 7) is 1.78. The maximum atomic E-state index is 12.6. The van der Waals surface area contributed by atoms with Crippen molar-refractivity contribution < 1.29 is 9.59 Å². The number of hydrogen-bond acceptors (Lipinski definition) is 5. The third-order valence-electron chi connectivity index (χ3n) is 3.64. The van der Waals surface area contributed by atoms with E-state index >= 15 is 0 Å². The normalized spacial score (nSPS) is 11.5. The predicted molar refractivity (Wildman–Crippen MR) is 96.4 cm³/mol. The molecule has 0 saturated carbocycles. The van der Waals surface area contributed by atoms with E-state index in [9.17, 15) is 9.59 Å². The summed E-state index contributed by atoms with van der Waals surface area (Å²) in [5, 5.41) is 5.61. The van der Waals surface area contributed by atoms with Crippen molar-refractivity contribution in [3.8, 4) is 0 Å². The molecule has 2 rings (SSSR count). The van der Waals surface area contributed by atoms with Gasteiger partial charge in [-0.2, -0.15) is 0 Å². The van der Waals surface area contributed by atoms with E-state index < -0.39 is 11.9 Å². The Labute approximate surface area is 147 Å². The number of anilines is 1. The lowest BCUT2D eigenvalue weighted by atomic mass is 10.0. The van der Waals surface area contributed by atoms with E-state index in [4.69, 9.17) is 0 Å². The molecule has 1 atom stereocenters. The fourth-order valence-corrected chi connectivity index (χ4v) is 2.39. The molecule has 1 aromatic carbocycles. The van der Waals surface area contributed by atoms with Crippen molar-refractivity contribution in [1.82, 2.24) is 20.2 Å². The Morgan fingerprint density at radius 3 is 2.44 bits per heavy atom. The van der Waals surface area contributed by atoms with Crippen LogP contribution in [0.4, 0.5) is 5.95 Å². The molecular weight excluding hydrogens is 318 g/mol. The third-order valence-corrected chi connectivity index (χ3v) is 3.64.